The van der Waals surface area contributed by atoms with Gasteiger partial charge in [0.05, 0.1) is 19.9 Å². The van der Waals surface area contributed by atoms with E-state index in [2.05, 4.69) is 21.4 Å². The standard InChI is InChI=1S/C11H9BrCl2N2S/c12-10-4-7(5-17-10)11(16-15)6-1-2-8(13)9(14)3-6/h1-5,11,16H,15H2. The van der Waals surface area contributed by atoms with Crippen molar-refractivity contribution < 1.29 is 0 Å². The van der Waals surface area contributed by atoms with E-state index in [0.717, 1.165) is 14.9 Å². The second kappa shape index (κ2) is 5.69. The topological polar surface area (TPSA) is 38.0 Å². The Hall–Kier alpha value is -0.100. The van der Waals surface area contributed by atoms with Gasteiger partial charge < -0.3 is 0 Å². The predicted molar refractivity (Wildman–Crippen MR) is 77.6 cm³/mol. The van der Waals surface area contributed by atoms with E-state index in [9.17, 15) is 0 Å². The first-order chi connectivity index (χ1) is 8.11. The molecule has 2 aromatic rings. The van der Waals surface area contributed by atoms with E-state index in [1.807, 2.05) is 23.6 Å². The first-order valence-electron chi connectivity index (χ1n) is 4.77. The third kappa shape index (κ3) is 3.02. The van der Waals surface area contributed by atoms with E-state index >= 15 is 0 Å². The van der Waals surface area contributed by atoms with Gasteiger partial charge in [0, 0.05) is 0 Å². The van der Waals surface area contributed by atoms with Crippen molar-refractivity contribution in [1.82, 2.24) is 5.43 Å². The van der Waals surface area contributed by atoms with Crippen molar-refractivity contribution in [2.45, 2.75) is 6.04 Å². The number of hydrazine groups is 1. The number of hydrogen-bond acceptors (Lipinski definition) is 3. The highest BCUT2D eigenvalue weighted by Gasteiger charge is 2.15. The Morgan fingerprint density at radius 3 is 2.47 bits per heavy atom. The van der Waals surface area contributed by atoms with Gasteiger partial charge in [0.25, 0.3) is 0 Å². The first kappa shape index (κ1) is 13.3. The van der Waals surface area contributed by atoms with Crippen LogP contribution in [0.15, 0.2) is 33.4 Å². The van der Waals surface area contributed by atoms with E-state index in [4.69, 9.17) is 29.0 Å². The van der Waals surface area contributed by atoms with Crippen LogP contribution in [0.1, 0.15) is 17.2 Å². The summed E-state index contributed by atoms with van der Waals surface area (Å²) in [6, 6.07) is 7.43. The lowest BCUT2D eigenvalue weighted by Gasteiger charge is -2.15. The largest absolute Gasteiger partial charge is 0.271 e. The van der Waals surface area contributed by atoms with Crippen molar-refractivity contribution >= 4 is 50.5 Å². The number of benzene rings is 1. The molecule has 2 nitrogen and oxygen atoms in total. The summed E-state index contributed by atoms with van der Waals surface area (Å²) >= 11 is 16.9. The van der Waals surface area contributed by atoms with Gasteiger partial charge in [-0.15, -0.1) is 11.3 Å². The molecule has 0 aliphatic heterocycles. The average molecular weight is 352 g/mol. The van der Waals surface area contributed by atoms with E-state index in [-0.39, 0.29) is 6.04 Å². The van der Waals surface area contributed by atoms with Gasteiger partial charge in [-0.25, -0.2) is 5.43 Å². The molecular formula is C11H9BrCl2N2S. The third-order valence-corrected chi connectivity index (χ3v) is 4.63. The third-order valence-electron chi connectivity index (χ3n) is 2.36. The number of nitrogens with two attached hydrogens (primary N) is 1. The molecule has 3 N–H and O–H groups in total. The lowest BCUT2D eigenvalue weighted by molar-refractivity contribution is 0.639. The first-order valence-corrected chi connectivity index (χ1v) is 7.19. The fraction of sp³-hybridized carbons (Fsp3) is 0.0909. The zero-order valence-corrected chi connectivity index (χ0v) is 12.5. The smallest absolute Gasteiger partial charge is 0.0719 e. The Kier molecular flexibility index (Phi) is 4.47. The van der Waals surface area contributed by atoms with Crippen molar-refractivity contribution in [3.63, 3.8) is 0 Å². The molecule has 0 saturated heterocycles. The summed E-state index contributed by atoms with van der Waals surface area (Å²) in [7, 11) is 0. The molecule has 0 radical (unpaired) electrons. The summed E-state index contributed by atoms with van der Waals surface area (Å²) in [5.41, 5.74) is 4.84. The monoisotopic (exact) mass is 350 g/mol. The van der Waals surface area contributed by atoms with Crippen LogP contribution in [0, 0.1) is 0 Å². The second-order valence-electron chi connectivity index (χ2n) is 3.46. The summed E-state index contributed by atoms with van der Waals surface area (Å²) < 4.78 is 1.06. The minimum atomic E-state index is -0.0904. The Morgan fingerprint density at radius 1 is 1.18 bits per heavy atom. The number of halogens is 3. The van der Waals surface area contributed by atoms with Crippen LogP contribution < -0.4 is 11.3 Å². The van der Waals surface area contributed by atoms with E-state index < -0.39 is 0 Å². The molecule has 0 spiro atoms. The molecule has 90 valence electrons. The van der Waals surface area contributed by atoms with Gasteiger partial charge in [0.15, 0.2) is 0 Å². The van der Waals surface area contributed by atoms with Gasteiger partial charge in [-0.05, 0) is 50.6 Å². The Balaban J connectivity index is 2.38. The van der Waals surface area contributed by atoms with Crippen molar-refractivity contribution in [3.05, 3.63) is 54.6 Å². The van der Waals surface area contributed by atoms with E-state index in [0.29, 0.717) is 10.0 Å². The van der Waals surface area contributed by atoms with Crippen LogP contribution in [-0.2, 0) is 0 Å². The molecule has 17 heavy (non-hydrogen) atoms. The molecule has 1 aromatic heterocycles. The Labute approximate surface area is 122 Å². The highest BCUT2D eigenvalue weighted by atomic mass is 79.9. The zero-order chi connectivity index (χ0) is 12.4. The fourth-order valence-electron chi connectivity index (χ4n) is 1.55. The van der Waals surface area contributed by atoms with E-state index in [1.54, 1.807) is 17.4 Å². The van der Waals surface area contributed by atoms with Crippen molar-refractivity contribution in [2.75, 3.05) is 0 Å². The van der Waals surface area contributed by atoms with Crippen molar-refractivity contribution in [3.8, 4) is 0 Å². The molecule has 0 bridgehead atoms. The Bertz CT molecular complexity index is 530. The van der Waals surface area contributed by atoms with Crippen LogP contribution >= 0.6 is 50.5 Å². The van der Waals surface area contributed by atoms with Crippen LogP contribution in [0.5, 0.6) is 0 Å². The summed E-state index contributed by atoms with van der Waals surface area (Å²) in [4.78, 5) is 0. The molecular weight excluding hydrogens is 343 g/mol. The van der Waals surface area contributed by atoms with E-state index in [1.165, 1.54) is 0 Å². The van der Waals surface area contributed by atoms with Gasteiger partial charge in [-0.3, -0.25) is 5.84 Å². The molecule has 2 rings (SSSR count). The molecule has 1 atom stereocenters. The Morgan fingerprint density at radius 2 is 1.94 bits per heavy atom. The quantitative estimate of drug-likeness (QED) is 0.636. The summed E-state index contributed by atoms with van der Waals surface area (Å²) in [5, 5.41) is 3.10. The molecule has 0 amide bonds. The SMILES string of the molecule is NNC(c1csc(Br)c1)c1ccc(Cl)c(Cl)c1. The molecule has 0 aliphatic carbocycles. The zero-order valence-electron chi connectivity index (χ0n) is 8.58. The van der Waals surface area contributed by atoms with Crippen LogP contribution in [0.3, 0.4) is 0 Å². The highest BCUT2D eigenvalue weighted by Crippen LogP contribution is 2.31. The normalized spacial score (nSPS) is 12.7. The summed E-state index contributed by atoms with van der Waals surface area (Å²) in [6.45, 7) is 0. The van der Waals surface area contributed by atoms with Gasteiger partial charge in [-0.2, -0.15) is 0 Å². The maximum absolute atomic E-state index is 6.00. The van der Waals surface area contributed by atoms with Crippen LogP contribution in [0.2, 0.25) is 10.0 Å². The number of rotatable bonds is 3. The minimum Gasteiger partial charge on any atom is -0.271 e. The maximum Gasteiger partial charge on any atom is 0.0719 e. The molecule has 1 unspecified atom stereocenters. The van der Waals surface area contributed by atoms with Gasteiger partial charge in [-0.1, -0.05) is 29.3 Å². The lowest BCUT2D eigenvalue weighted by Crippen LogP contribution is -2.28. The maximum atomic E-state index is 6.00. The van der Waals surface area contributed by atoms with Crippen LogP contribution in [0.4, 0.5) is 0 Å². The second-order valence-corrected chi connectivity index (χ2v) is 6.56. The number of hydrogen-bond donors (Lipinski definition) is 2. The predicted octanol–water partition coefficient (Wildman–Crippen LogP) is 4.37. The number of thiophene rings is 1. The molecule has 1 heterocycles. The van der Waals surface area contributed by atoms with Crippen LogP contribution in [-0.4, -0.2) is 0 Å². The summed E-state index contributed by atoms with van der Waals surface area (Å²) in [6.07, 6.45) is 0. The van der Waals surface area contributed by atoms with Crippen LogP contribution in [0.25, 0.3) is 0 Å². The minimum absolute atomic E-state index is 0.0904. The highest BCUT2D eigenvalue weighted by molar-refractivity contribution is 9.11. The lowest BCUT2D eigenvalue weighted by atomic mass is 10.0. The number of nitrogens with one attached hydrogen (secondary N) is 1. The fourth-order valence-corrected chi connectivity index (χ4v) is 3.06. The molecule has 0 saturated carbocycles. The van der Waals surface area contributed by atoms with Crippen molar-refractivity contribution in [1.29, 1.82) is 0 Å². The summed E-state index contributed by atoms with van der Waals surface area (Å²) in [5.74, 6) is 5.60. The van der Waals surface area contributed by atoms with Gasteiger partial charge in [0.2, 0.25) is 0 Å². The van der Waals surface area contributed by atoms with Gasteiger partial charge in [0.1, 0.15) is 0 Å². The van der Waals surface area contributed by atoms with Crippen molar-refractivity contribution in [2.24, 2.45) is 5.84 Å². The molecule has 1 aromatic carbocycles. The molecule has 6 heteroatoms. The van der Waals surface area contributed by atoms with Gasteiger partial charge >= 0.3 is 0 Å². The molecule has 0 fully saturated rings. The average Bonchev–Trinajstić information content (AvgIpc) is 2.71. The molecule has 0 aliphatic rings.